The number of nitrogens with two attached hydrogens (primary N) is 1. The van der Waals surface area contributed by atoms with Gasteiger partial charge in [0.05, 0.1) is 11.0 Å². The molecule has 2 aromatic carbocycles. The Kier molecular flexibility index (Phi) is 5.43. The van der Waals surface area contributed by atoms with Crippen molar-refractivity contribution in [3.8, 4) is 0 Å². The molecular formula is C19H20ClN5O2. The van der Waals surface area contributed by atoms with Crippen molar-refractivity contribution < 1.29 is 9.21 Å². The van der Waals surface area contributed by atoms with Gasteiger partial charge in [-0.3, -0.25) is 10.1 Å². The summed E-state index contributed by atoms with van der Waals surface area (Å²) >= 11 is 0. The molecule has 0 bridgehead atoms. The summed E-state index contributed by atoms with van der Waals surface area (Å²) in [6.07, 6.45) is 1.13. The van der Waals surface area contributed by atoms with E-state index in [1.807, 2.05) is 54.1 Å². The highest BCUT2D eigenvalue weighted by molar-refractivity contribution is 5.99. The number of aromatic nitrogens is 3. The second-order valence-electron chi connectivity index (χ2n) is 6.13. The van der Waals surface area contributed by atoms with Gasteiger partial charge in [-0.05, 0) is 43.3 Å². The quantitative estimate of drug-likeness (QED) is 0.490. The lowest BCUT2D eigenvalue weighted by atomic mass is 10.1. The number of hydrogen-bond acceptors (Lipinski definition) is 6. The number of nitrogens with one attached hydrogen (secondary N) is 1. The molecule has 27 heavy (non-hydrogen) atoms. The molecule has 0 aliphatic heterocycles. The Labute approximate surface area is 162 Å². The lowest BCUT2D eigenvalue weighted by Gasteiger charge is -2.02. The van der Waals surface area contributed by atoms with Gasteiger partial charge in [0.1, 0.15) is 5.52 Å². The Bertz CT molecular complexity index is 1070. The fourth-order valence-electron chi connectivity index (χ4n) is 2.91. The smallest absolute Gasteiger partial charge is 0.302 e. The third-order valence-electron chi connectivity index (χ3n) is 4.32. The molecule has 0 atom stereocenters. The molecule has 2 aromatic heterocycles. The summed E-state index contributed by atoms with van der Waals surface area (Å²) in [6.45, 7) is 0.510. The number of oxazole rings is 1. The highest BCUT2D eigenvalue weighted by Crippen LogP contribution is 2.25. The Morgan fingerprint density at radius 3 is 2.78 bits per heavy atom. The van der Waals surface area contributed by atoms with E-state index in [0.29, 0.717) is 42.5 Å². The molecule has 0 amide bonds. The van der Waals surface area contributed by atoms with Crippen molar-refractivity contribution in [1.82, 2.24) is 14.5 Å². The van der Waals surface area contributed by atoms with Crippen molar-refractivity contribution in [2.45, 2.75) is 12.8 Å². The largest absolute Gasteiger partial charge is 0.423 e. The number of carbonyl (C=O) groups is 1. The number of halogens is 1. The van der Waals surface area contributed by atoms with E-state index in [1.54, 1.807) is 0 Å². The maximum Gasteiger partial charge on any atom is 0.302 e. The van der Waals surface area contributed by atoms with Gasteiger partial charge in [-0.25, -0.2) is 4.98 Å². The number of Topliss-reactive ketones (excluding diaryl/α,β-unsaturated/α-hetero) is 1. The SMILES string of the molecule is Cl.Cn1c(Nc2nc3ccccc3o2)nc2cc(C(=O)CCCN)ccc21. The van der Waals surface area contributed by atoms with Gasteiger partial charge >= 0.3 is 6.01 Å². The molecule has 4 rings (SSSR count). The molecule has 0 saturated carbocycles. The predicted molar refractivity (Wildman–Crippen MR) is 108 cm³/mol. The summed E-state index contributed by atoms with van der Waals surface area (Å²) in [5, 5.41) is 3.11. The van der Waals surface area contributed by atoms with Gasteiger partial charge in [0.15, 0.2) is 11.4 Å². The molecule has 0 unspecified atom stereocenters. The van der Waals surface area contributed by atoms with Gasteiger partial charge in [0.2, 0.25) is 5.95 Å². The van der Waals surface area contributed by atoms with E-state index >= 15 is 0 Å². The zero-order valence-corrected chi connectivity index (χ0v) is 15.6. The molecule has 3 N–H and O–H groups in total. The number of aryl methyl sites for hydroxylation is 1. The van der Waals surface area contributed by atoms with Crippen molar-refractivity contribution in [2.75, 3.05) is 11.9 Å². The van der Waals surface area contributed by atoms with Crippen molar-refractivity contribution >= 4 is 52.3 Å². The fourth-order valence-corrected chi connectivity index (χ4v) is 2.91. The van der Waals surface area contributed by atoms with Crippen LogP contribution in [0.4, 0.5) is 12.0 Å². The second kappa shape index (κ2) is 7.77. The molecule has 7 nitrogen and oxygen atoms in total. The van der Waals surface area contributed by atoms with Crippen molar-refractivity contribution in [3.05, 3.63) is 48.0 Å². The second-order valence-corrected chi connectivity index (χ2v) is 6.13. The number of ketones is 1. The minimum atomic E-state index is 0. The topological polar surface area (TPSA) is 99.0 Å². The molecule has 4 aromatic rings. The standard InChI is InChI=1S/C19H19N5O2.ClH/c1-24-15-9-8-12(16(25)6-4-10-20)11-14(15)21-18(24)23-19-22-13-5-2-3-7-17(13)26-19;/h2-3,5,7-9,11H,4,6,10,20H2,1H3,(H,21,22,23);1H. The summed E-state index contributed by atoms with van der Waals surface area (Å²) in [5.74, 6) is 0.676. The van der Waals surface area contributed by atoms with Crippen molar-refractivity contribution in [2.24, 2.45) is 12.8 Å². The van der Waals surface area contributed by atoms with Gasteiger partial charge < -0.3 is 14.7 Å². The van der Waals surface area contributed by atoms with E-state index in [0.717, 1.165) is 16.6 Å². The summed E-state index contributed by atoms with van der Waals surface area (Å²) < 4.78 is 7.59. The van der Waals surface area contributed by atoms with Gasteiger partial charge in [0, 0.05) is 19.0 Å². The number of imidazole rings is 1. The first-order valence-corrected chi connectivity index (χ1v) is 8.48. The molecule has 0 saturated heterocycles. The monoisotopic (exact) mass is 385 g/mol. The molecule has 2 heterocycles. The van der Waals surface area contributed by atoms with Gasteiger partial charge in [-0.2, -0.15) is 4.98 Å². The van der Waals surface area contributed by atoms with Crippen LogP contribution in [0.25, 0.3) is 22.1 Å². The number of carbonyl (C=O) groups excluding carboxylic acids is 1. The van der Waals surface area contributed by atoms with Crippen LogP contribution in [0.5, 0.6) is 0 Å². The highest BCUT2D eigenvalue weighted by atomic mass is 35.5. The number of fused-ring (bicyclic) bond motifs is 2. The molecule has 0 aliphatic carbocycles. The lowest BCUT2D eigenvalue weighted by molar-refractivity contribution is 0.0981. The zero-order valence-electron chi connectivity index (χ0n) is 14.8. The minimum absolute atomic E-state index is 0. The number of rotatable bonds is 6. The van der Waals surface area contributed by atoms with Gasteiger partial charge in [-0.1, -0.05) is 12.1 Å². The zero-order chi connectivity index (χ0) is 18.1. The van der Waals surface area contributed by atoms with Crippen LogP contribution in [-0.2, 0) is 7.05 Å². The number of nitrogens with zero attached hydrogens (tertiary/aromatic N) is 3. The number of anilines is 2. The minimum Gasteiger partial charge on any atom is -0.423 e. The van der Waals surface area contributed by atoms with Crippen LogP contribution in [0.3, 0.4) is 0 Å². The van der Waals surface area contributed by atoms with Gasteiger partial charge in [-0.15, -0.1) is 12.4 Å². The molecular weight excluding hydrogens is 366 g/mol. The van der Waals surface area contributed by atoms with Crippen LogP contribution >= 0.6 is 12.4 Å². The molecule has 140 valence electrons. The first kappa shape index (κ1) is 18.9. The van der Waals surface area contributed by atoms with Crippen LogP contribution in [-0.4, -0.2) is 26.9 Å². The normalized spacial score (nSPS) is 10.9. The third-order valence-corrected chi connectivity index (χ3v) is 4.32. The molecule has 8 heteroatoms. The van der Waals surface area contributed by atoms with Crippen molar-refractivity contribution in [3.63, 3.8) is 0 Å². The Morgan fingerprint density at radius 2 is 2.00 bits per heavy atom. The molecule has 0 spiro atoms. The maximum absolute atomic E-state index is 12.2. The molecule has 0 radical (unpaired) electrons. The summed E-state index contributed by atoms with van der Waals surface area (Å²) in [4.78, 5) is 21.2. The fraction of sp³-hybridized carbons (Fsp3) is 0.211. The average molecular weight is 386 g/mol. The van der Waals surface area contributed by atoms with E-state index in [9.17, 15) is 4.79 Å². The Hall–Kier alpha value is -2.90. The number of benzene rings is 2. The number of hydrogen-bond donors (Lipinski definition) is 2. The summed E-state index contributed by atoms with van der Waals surface area (Å²) in [5.41, 5.74) is 9.27. The van der Waals surface area contributed by atoms with Crippen LogP contribution in [0, 0.1) is 0 Å². The lowest BCUT2D eigenvalue weighted by Crippen LogP contribution is -2.04. The van der Waals surface area contributed by atoms with E-state index in [1.165, 1.54) is 0 Å². The number of para-hydroxylation sites is 2. The van der Waals surface area contributed by atoms with E-state index < -0.39 is 0 Å². The maximum atomic E-state index is 12.2. The highest BCUT2D eigenvalue weighted by Gasteiger charge is 2.13. The van der Waals surface area contributed by atoms with Crippen LogP contribution in [0.15, 0.2) is 46.9 Å². The Balaban J connectivity index is 0.00000210. The van der Waals surface area contributed by atoms with Gasteiger partial charge in [0.25, 0.3) is 0 Å². The first-order valence-electron chi connectivity index (χ1n) is 8.48. The predicted octanol–water partition coefficient (Wildman–Crippen LogP) is 3.80. The van der Waals surface area contributed by atoms with Crippen LogP contribution in [0.2, 0.25) is 0 Å². The van der Waals surface area contributed by atoms with Crippen LogP contribution < -0.4 is 11.1 Å². The first-order chi connectivity index (χ1) is 12.7. The molecule has 0 fully saturated rings. The van der Waals surface area contributed by atoms with E-state index in [4.69, 9.17) is 10.2 Å². The average Bonchev–Trinajstić information content (AvgIpc) is 3.20. The summed E-state index contributed by atoms with van der Waals surface area (Å²) in [7, 11) is 1.90. The van der Waals surface area contributed by atoms with E-state index in [-0.39, 0.29) is 18.2 Å². The van der Waals surface area contributed by atoms with Crippen LogP contribution in [0.1, 0.15) is 23.2 Å². The Morgan fingerprint density at radius 1 is 1.19 bits per heavy atom. The van der Waals surface area contributed by atoms with Crippen molar-refractivity contribution in [1.29, 1.82) is 0 Å². The third kappa shape index (κ3) is 3.65. The molecule has 0 aliphatic rings. The van der Waals surface area contributed by atoms with E-state index in [2.05, 4.69) is 15.3 Å². The summed E-state index contributed by atoms with van der Waals surface area (Å²) in [6, 6.07) is 13.5.